The molecule has 0 amide bonds. The summed E-state index contributed by atoms with van der Waals surface area (Å²) in [5.41, 5.74) is -0.583. The van der Waals surface area contributed by atoms with Gasteiger partial charge in [0.25, 0.3) is 10.1 Å². The van der Waals surface area contributed by atoms with Crippen LogP contribution in [0.15, 0.2) is 23.1 Å². The zero-order chi connectivity index (χ0) is 12.9. The molecule has 16 heavy (non-hydrogen) atoms. The van der Waals surface area contributed by atoms with E-state index in [4.69, 9.17) is 14.8 Å². The van der Waals surface area contributed by atoms with Crippen LogP contribution in [0.5, 0.6) is 5.75 Å². The fourth-order valence-electron chi connectivity index (χ4n) is 0.847. The van der Waals surface area contributed by atoms with Gasteiger partial charge in [-0.2, -0.15) is 8.42 Å². The van der Waals surface area contributed by atoms with Gasteiger partial charge >= 0.3 is 5.97 Å². The van der Waals surface area contributed by atoms with E-state index in [-0.39, 0.29) is 0 Å². The van der Waals surface area contributed by atoms with E-state index >= 15 is 0 Å². The molecule has 1 rings (SSSR count). The van der Waals surface area contributed by atoms with Gasteiger partial charge in [0.1, 0.15) is 11.3 Å². The molecule has 0 heterocycles. The van der Waals surface area contributed by atoms with E-state index in [1.165, 1.54) is 0 Å². The maximum Gasteiger partial charge on any atom is 0.339 e. The van der Waals surface area contributed by atoms with Gasteiger partial charge < -0.3 is 10.2 Å². The molecule has 0 saturated heterocycles. The van der Waals surface area contributed by atoms with Crippen LogP contribution in [0.4, 0.5) is 0 Å². The van der Waals surface area contributed by atoms with Crippen molar-refractivity contribution in [3.63, 3.8) is 0 Å². The summed E-state index contributed by atoms with van der Waals surface area (Å²) in [5.74, 6) is -0.231. The zero-order valence-corrected chi connectivity index (χ0v) is 10.5. The van der Waals surface area contributed by atoms with E-state index in [1.807, 2.05) is 5.83 Å². The molecule has 0 spiro atoms. The highest BCUT2D eigenvalue weighted by atomic mass is 79.9. The summed E-state index contributed by atoms with van der Waals surface area (Å²) in [5, 5.41) is 17.5. The van der Waals surface area contributed by atoms with Crippen molar-refractivity contribution in [1.82, 2.24) is 0 Å². The number of hydrogen-bond acceptors (Lipinski definition) is 4. The van der Waals surface area contributed by atoms with Crippen LogP contribution in [-0.2, 0) is 10.1 Å². The highest BCUT2D eigenvalue weighted by Gasteiger charge is 2.15. The largest absolute Gasteiger partial charge is 0.507 e. The smallest absolute Gasteiger partial charge is 0.339 e. The second-order valence-corrected chi connectivity index (χ2v) is 3.88. The lowest BCUT2D eigenvalue weighted by Crippen LogP contribution is -2.02. The molecule has 0 atom stereocenters. The van der Waals surface area contributed by atoms with Crippen LogP contribution in [0.25, 0.3) is 0 Å². The van der Waals surface area contributed by atoms with Crippen molar-refractivity contribution in [3.8, 4) is 5.75 Å². The first-order valence-corrected chi connectivity index (χ1v) is 6.76. The third-order valence-corrected chi connectivity index (χ3v) is 2.35. The number of carbonyl (C=O) groups is 1. The standard InChI is InChI=1S/C7H6O6S.CH3Br/c8-6-2-1-4(14(11,12)13)3-5(6)7(9)10;1-2/h1-3,8H,(H,9,10)(H,11,12,13);1H3. The molecule has 0 bridgehead atoms. The molecular formula is C8H9BrO6S. The van der Waals surface area contributed by atoms with Gasteiger partial charge in [-0.15, -0.1) is 0 Å². The Morgan fingerprint density at radius 1 is 1.31 bits per heavy atom. The van der Waals surface area contributed by atoms with Gasteiger partial charge in [-0.3, -0.25) is 4.55 Å². The maximum absolute atomic E-state index is 10.6. The monoisotopic (exact) mass is 312 g/mol. The Bertz CT molecular complexity index is 481. The van der Waals surface area contributed by atoms with Crippen LogP contribution in [-0.4, -0.2) is 35.0 Å². The van der Waals surface area contributed by atoms with E-state index in [0.29, 0.717) is 6.07 Å². The topological polar surface area (TPSA) is 112 Å². The number of aromatic hydroxyl groups is 1. The minimum absolute atomic E-state index is 0.565. The predicted molar refractivity (Wildman–Crippen MR) is 59.7 cm³/mol. The average molecular weight is 313 g/mol. The molecule has 1 aromatic carbocycles. The summed E-state index contributed by atoms with van der Waals surface area (Å²) in [6, 6.07) is 2.46. The van der Waals surface area contributed by atoms with Gasteiger partial charge in [0.2, 0.25) is 0 Å². The normalized spacial score (nSPS) is 10.2. The van der Waals surface area contributed by atoms with Crippen LogP contribution in [0.1, 0.15) is 10.4 Å². The van der Waals surface area contributed by atoms with E-state index in [0.717, 1.165) is 12.1 Å². The molecule has 0 unspecified atom stereocenters. The summed E-state index contributed by atoms with van der Waals surface area (Å²) in [4.78, 5) is 9.89. The van der Waals surface area contributed by atoms with Gasteiger partial charge in [0.15, 0.2) is 0 Å². The number of aromatic carboxylic acids is 1. The minimum Gasteiger partial charge on any atom is -0.507 e. The molecule has 1 aromatic rings. The molecule has 0 aliphatic heterocycles. The Kier molecular flexibility index (Phi) is 5.42. The molecule has 0 radical (unpaired) electrons. The first-order valence-electron chi connectivity index (χ1n) is 3.74. The fourth-order valence-corrected chi connectivity index (χ4v) is 1.35. The molecule has 0 aliphatic rings. The van der Waals surface area contributed by atoms with E-state index in [9.17, 15) is 13.2 Å². The van der Waals surface area contributed by atoms with Crippen LogP contribution in [0, 0.1) is 0 Å². The number of halogens is 1. The number of rotatable bonds is 2. The van der Waals surface area contributed by atoms with Crippen molar-refractivity contribution in [3.05, 3.63) is 23.8 Å². The van der Waals surface area contributed by atoms with Crippen molar-refractivity contribution in [2.75, 3.05) is 5.83 Å². The molecule has 6 nitrogen and oxygen atoms in total. The SMILES string of the molecule is CBr.O=C(O)c1cc(S(=O)(=O)O)ccc1O. The fraction of sp³-hybridized carbons (Fsp3) is 0.125. The lowest BCUT2D eigenvalue weighted by molar-refractivity contribution is 0.0693. The van der Waals surface area contributed by atoms with Crippen molar-refractivity contribution in [2.45, 2.75) is 4.90 Å². The van der Waals surface area contributed by atoms with E-state index in [1.54, 1.807) is 0 Å². The number of carboxylic acid groups (broad SMARTS) is 1. The second kappa shape index (κ2) is 5.83. The molecule has 8 heteroatoms. The quantitative estimate of drug-likeness (QED) is 0.561. The summed E-state index contributed by atoms with van der Waals surface area (Å²) in [6.07, 6.45) is 0. The molecule has 0 aliphatic carbocycles. The zero-order valence-electron chi connectivity index (χ0n) is 8.08. The lowest BCUT2D eigenvalue weighted by Gasteiger charge is -2.01. The van der Waals surface area contributed by atoms with E-state index in [2.05, 4.69) is 15.9 Å². The summed E-state index contributed by atoms with van der Waals surface area (Å²) < 4.78 is 29.8. The third-order valence-electron chi connectivity index (χ3n) is 1.50. The Morgan fingerprint density at radius 3 is 2.19 bits per heavy atom. The first kappa shape index (κ1) is 14.9. The molecular weight excluding hydrogens is 304 g/mol. The molecule has 90 valence electrons. The molecule has 0 fully saturated rings. The average Bonchev–Trinajstić information content (AvgIpc) is 2.19. The number of benzene rings is 1. The van der Waals surface area contributed by atoms with Crippen molar-refractivity contribution < 1.29 is 28.0 Å². The Hall–Kier alpha value is -1.12. The summed E-state index contributed by atoms with van der Waals surface area (Å²) >= 11 is 2.94. The lowest BCUT2D eigenvalue weighted by atomic mass is 10.2. The highest BCUT2D eigenvalue weighted by molar-refractivity contribution is 9.08. The Morgan fingerprint density at radius 2 is 1.81 bits per heavy atom. The van der Waals surface area contributed by atoms with E-state index < -0.39 is 32.3 Å². The first-order chi connectivity index (χ1) is 7.32. The highest BCUT2D eigenvalue weighted by Crippen LogP contribution is 2.20. The number of alkyl halides is 1. The minimum atomic E-state index is -4.45. The second-order valence-electron chi connectivity index (χ2n) is 2.46. The molecule has 3 N–H and O–H groups in total. The molecule has 0 saturated carbocycles. The summed E-state index contributed by atoms with van der Waals surface area (Å²) in [6.45, 7) is 0. The predicted octanol–water partition coefficient (Wildman–Crippen LogP) is 1.35. The number of phenols is 1. The van der Waals surface area contributed by atoms with Crippen molar-refractivity contribution in [2.24, 2.45) is 0 Å². The van der Waals surface area contributed by atoms with Crippen molar-refractivity contribution in [1.29, 1.82) is 0 Å². The summed E-state index contributed by atoms with van der Waals surface area (Å²) in [7, 11) is -4.45. The van der Waals surface area contributed by atoms with Crippen LogP contribution in [0.2, 0.25) is 0 Å². The van der Waals surface area contributed by atoms with Gasteiger partial charge in [-0.1, -0.05) is 15.9 Å². The van der Waals surface area contributed by atoms with Gasteiger partial charge in [0.05, 0.1) is 4.90 Å². The van der Waals surface area contributed by atoms with Gasteiger partial charge in [-0.05, 0) is 24.0 Å². The Labute approximate surface area is 100 Å². The third kappa shape index (κ3) is 3.80. The van der Waals surface area contributed by atoms with Gasteiger partial charge in [-0.25, -0.2) is 4.79 Å². The number of carboxylic acids is 1. The van der Waals surface area contributed by atoms with Crippen LogP contribution in [0.3, 0.4) is 0 Å². The van der Waals surface area contributed by atoms with Crippen LogP contribution >= 0.6 is 15.9 Å². The maximum atomic E-state index is 10.6. The molecule has 0 aromatic heterocycles. The number of hydrogen-bond donors (Lipinski definition) is 3. The van der Waals surface area contributed by atoms with Crippen molar-refractivity contribution >= 4 is 32.0 Å². The Balaban J connectivity index is 0.00000106. The van der Waals surface area contributed by atoms with Gasteiger partial charge in [0, 0.05) is 0 Å². The van der Waals surface area contributed by atoms with Crippen LogP contribution < -0.4 is 0 Å².